The fraction of sp³-hybridized carbons (Fsp3) is 0.130. The minimum absolute atomic E-state index is 0.133. The molecule has 0 saturated carbocycles. The Labute approximate surface area is 194 Å². The molecule has 0 heterocycles. The maximum atomic E-state index is 12.7. The largest absolute Gasteiger partial charge is 0.325 e. The number of non-ortho nitro benzene ring substituents is 1. The van der Waals surface area contributed by atoms with Gasteiger partial charge in [-0.15, -0.1) is 11.8 Å². The van der Waals surface area contributed by atoms with Crippen molar-refractivity contribution in [3.63, 3.8) is 0 Å². The second kappa shape index (κ2) is 10.8. The van der Waals surface area contributed by atoms with Gasteiger partial charge in [0.2, 0.25) is 5.91 Å². The average molecular weight is 470 g/mol. The van der Waals surface area contributed by atoms with Gasteiger partial charge in [-0.1, -0.05) is 30.7 Å². The normalized spacial score (nSPS) is 11.4. The van der Waals surface area contributed by atoms with Crippen LogP contribution in [0.15, 0.2) is 77.7 Å². The molecule has 0 aliphatic rings. The summed E-state index contributed by atoms with van der Waals surface area (Å²) in [6.45, 7) is 1.92. The first kappa shape index (κ1) is 23.3. The van der Waals surface area contributed by atoms with Crippen LogP contribution in [-0.2, 0) is 4.79 Å². The Kier molecular flexibility index (Phi) is 7.86. The predicted octanol–water partition coefficient (Wildman–Crippen LogP) is 6.01. The maximum absolute atomic E-state index is 12.7. The lowest BCUT2D eigenvalue weighted by Gasteiger charge is -2.15. The van der Waals surface area contributed by atoms with Crippen molar-refractivity contribution in [2.75, 3.05) is 10.6 Å². The van der Waals surface area contributed by atoms with Crippen molar-refractivity contribution in [1.82, 2.24) is 0 Å². The highest BCUT2D eigenvalue weighted by Crippen LogP contribution is 2.29. The molecule has 9 heteroatoms. The van der Waals surface area contributed by atoms with Crippen molar-refractivity contribution in [2.45, 2.75) is 23.5 Å². The van der Waals surface area contributed by atoms with Crippen molar-refractivity contribution >= 4 is 52.2 Å². The van der Waals surface area contributed by atoms with Crippen molar-refractivity contribution in [1.29, 1.82) is 0 Å². The summed E-state index contributed by atoms with van der Waals surface area (Å²) in [6, 6.07) is 19.5. The monoisotopic (exact) mass is 469 g/mol. The molecule has 3 rings (SSSR count). The molecule has 0 spiro atoms. The summed E-state index contributed by atoms with van der Waals surface area (Å²) in [5.41, 5.74) is 1.22. The van der Waals surface area contributed by atoms with Gasteiger partial charge in [0.05, 0.1) is 10.2 Å². The van der Waals surface area contributed by atoms with Crippen molar-refractivity contribution in [3.05, 3.63) is 93.5 Å². The van der Waals surface area contributed by atoms with E-state index in [1.807, 2.05) is 13.0 Å². The van der Waals surface area contributed by atoms with Gasteiger partial charge in [0.15, 0.2) is 0 Å². The zero-order valence-electron chi connectivity index (χ0n) is 17.1. The van der Waals surface area contributed by atoms with Crippen LogP contribution in [0.5, 0.6) is 0 Å². The summed E-state index contributed by atoms with van der Waals surface area (Å²) in [5.74, 6) is -0.589. The predicted molar refractivity (Wildman–Crippen MR) is 128 cm³/mol. The summed E-state index contributed by atoms with van der Waals surface area (Å²) < 4.78 is 0. The van der Waals surface area contributed by atoms with Gasteiger partial charge in [-0.05, 0) is 55.0 Å². The molecule has 0 saturated heterocycles. The number of thioether (sulfide) groups is 1. The second-order valence-electron chi connectivity index (χ2n) is 6.80. The third-order valence-electron chi connectivity index (χ3n) is 4.46. The van der Waals surface area contributed by atoms with Gasteiger partial charge in [-0.2, -0.15) is 0 Å². The summed E-state index contributed by atoms with van der Waals surface area (Å²) in [6.07, 6.45) is 0.606. The second-order valence-corrected chi connectivity index (χ2v) is 8.51. The van der Waals surface area contributed by atoms with E-state index in [2.05, 4.69) is 10.6 Å². The molecule has 7 nitrogen and oxygen atoms in total. The van der Waals surface area contributed by atoms with Gasteiger partial charge in [0.1, 0.15) is 0 Å². The highest BCUT2D eigenvalue weighted by Gasteiger charge is 2.19. The smallest absolute Gasteiger partial charge is 0.270 e. The van der Waals surface area contributed by atoms with E-state index in [1.165, 1.54) is 36.0 Å². The van der Waals surface area contributed by atoms with E-state index in [0.29, 0.717) is 22.8 Å². The first-order chi connectivity index (χ1) is 15.4. The van der Waals surface area contributed by atoms with Crippen molar-refractivity contribution in [2.24, 2.45) is 0 Å². The van der Waals surface area contributed by atoms with Crippen LogP contribution in [0.3, 0.4) is 0 Å². The third kappa shape index (κ3) is 6.32. The maximum Gasteiger partial charge on any atom is 0.270 e. The molecule has 2 amide bonds. The third-order valence-corrected chi connectivity index (χ3v) is 6.07. The molecule has 0 aromatic heterocycles. The lowest BCUT2D eigenvalue weighted by molar-refractivity contribution is -0.384. The van der Waals surface area contributed by atoms with Crippen LogP contribution in [0.1, 0.15) is 23.7 Å². The molecule has 0 bridgehead atoms. The van der Waals surface area contributed by atoms with E-state index in [-0.39, 0.29) is 22.4 Å². The number of halogens is 1. The number of hydrogen-bond acceptors (Lipinski definition) is 5. The fourth-order valence-corrected chi connectivity index (χ4v) is 3.99. The van der Waals surface area contributed by atoms with Crippen molar-refractivity contribution in [3.8, 4) is 0 Å². The standard InChI is InChI=1S/C23H20ClN3O4S/c1-2-21(23(29)25-17-11-9-16(24)10-12-17)32-20-8-4-6-18(14-20)26-22(28)15-5-3-7-19(13-15)27(30)31/h3-14,21H,2H2,1H3,(H,25,29)(H,26,28). The number of nitro groups is 1. The zero-order chi connectivity index (χ0) is 23.1. The van der Waals surface area contributed by atoms with Gasteiger partial charge < -0.3 is 10.6 Å². The van der Waals surface area contributed by atoms with Crippen LogP contribution >= 0.6 is 23.4 Å². The molecule has 0 fully saturated rings. The molecule has 3 aromatic rings. The number of nitro benzene ring substituents is 1. The number of anilines is 2. The molecule has 32 heavy (non-hydrogen) atoms. The molecule has 1 atom stereocenters. The summed E-state index contributed by atoms with van der Waals surface area (Å²) in [7, 11) is 0. The van der Waals surface area contributed by atoms with E-state index < -0.39 is 10.8 Å². The number of carbonyl (C=O) groups excluding carboxylic acids is 2. The lowest BCUT2D eigenvalue weighted by Crippen LogP contribution is -2.24. The van der Waals surface area contributed by atoms with E-state index in [1.54, 1.807) is 42.5 Å². The first-order valence-corrected chi connectivity index (χ1v) is 11.0. The molecule has 0 aliphatic heterocycles. The summed E-state index contributed by atoms with van der Waals surface area (Å²) >= 11 is 7.26. The Bertz CT molecular complexity index is 1140. The molecule has 164 valence electrons. The highest BCUT2D eigenvalue weighted by molar-refractivity contribution is 8.00. The van der Waals surface area contributed by atoms with Gasteiger partial charge in [-0.25, -0.2) is 0 Å². The minimum atomic E-state index is -0.548. The molecular formula is C23H20ClN3O4S. The number of benzene rings is 3. The molecule has 0 radical (unpaired) electrons. The Hall–Kier alpha value is -3.36. The van der Waals surface area contributed by atoms with Gasteiger partial charge in [-0.3, -0.25) is 19.7 Å². The van der Waals surface area contributed by atoms with E-state index >= 15 is 0 Å². The molecule has 1 unspecified atom stereocenters. The molecule has 0 aliphatic carbocycles. The number of rotatable bonds is 8. The highest BCUT2D eigenvalue weighted by atomic mass is 35.5. The Morgan fingerprint density at radius 3 is 2.41 bits per heavy atom. The van der Waals surface area contributed by atoms with Crippen LogP contribution in [0.25, 0.3) is 0 Å². The summed E-state index contributed by atoms with van der Waals surface area (Å²) in [5, 5.41) is 16.8. The number of amides is 2. The Balaban J connectivity index is 1.67. The average Bonchev–Trinajstić information content (AvgIpc) is 2.79. The van der Waals surface area contributed by atoms with Crippen LogP contribution in [-0.4, -0.2) is 22.0 Å². The minimum Gasteiger partial charge on any atom is -0.325 e. The van der Waals surface area contributed by atoms with Crippen LogP contribution in [0.2, 0.25) is 5.02 Å². The van der Waals surface area contributed by atoms with E-state index in [0.717, 1.165) is 4.90 Å². The molecule has 3 aromatic carbocycles. The van der Waals surface area contributed by atoms with Gasteiger partial charge >= 0.3 is 0 Å². The Morgan fingerprint density at radius 2 is 1.72 bits per heavy atom. The zero-order valence-corrected chi connectivity index (χ0v) is 18.7. The number of nitrogens with one attached hydrogen (secondary N) is 2. The van der Waals surface area contributed by atoms with Gasteiger partial charge in [0, 0.05) is 39.0 Å². The Morgan fingerprint density at radius 1 is 1.00 bits per heavy atom. The number of hydrogen-bond donors (Lipinski definition) is 2. The van der Waals surface area contributed by atoms with Crippen LogP contribution < -0.4 is 10.6 Å². The SMILES string of the molecule is CCC(Sc1cccc(NC(=O)c2cccc([N+](=O)[O-])c2)c1)C(=O)Nc1ccc(Cl)cc1. The molecule has 2 N–H and O–H groups in total. The van der Waals surface area contributed by atoms with Gasteiger partial charge in [0.25, 0.3) is 11.6 Å². The number of carbonyl (C=O) groups is 2. The summed E-state index contributed by atoms with van der Waals surface area (Å²) in [4.78, 5) is 36.4. The number of nitrogens with zero attached hydrogens (tertiary/aromatic N) is 1. The lowest BCUT2D eigenvalue weighted by atomic mass is 10.2. The van der Waals surface area contributed by atoms with Crippen LogP contribution in [0.4, 0.5) is 17.1 Å². The fourth-order valence-electron chi connectivity index (χ4n) is 2.85. The quantitative estimate of drug-likeness (QED) is 0.239. The van der Waals surface area contributed by atoms with E-state index in [9.17, 15) is 19.7 Å². The van der Waals surface area contributed by atoms with E-state index in [4.69, 9.17) is 11.6 Å². The topological polar surface area (TPSA) is 101 Å². The van der Waals surface area contributed by atoms with Crippen molar-refractivity contribution < 1.29 is 14.5 Å². The van der Waals surface area contributed by atoms with Crippen LogP contribution in [0, 0.1) is 10.1 Å². The molecular weight excluding hydrogens is 450 g/mol. The first-order valence-electron chi connectivity index (χ1n) is 9.74.